The lowest BCUT2D eigenvalue weighted by Gasteiger charge is -2.21. The Bertz CT molecular complexity index is 959. The van der Waals surface area contributed by atoms with Crippen LogP contribution in [0.25, 0.3) is 0 Å². The number of amides is 1. The molecule has 0 aliphatic carbocycles. The first kappa shape index (κ1) is 21.4. The Morgan fingerprint density at radius 2 is 1.97 bits per heavy atom. The fourth-order valence-corrected chi connectivity index (χ4v) is 3.56. The van der Waals surface area contributed by atoms with E-state index >= 15 is 0 Å². The first-order chi connectivity index (χ1) is 13.5. The van der Waals surface area contributed by atoms with Crippen LogP contribution in [-0.2, 0) is 29.9 Å². The van der Waals surface area contributed by atoms with Gasteiger partial charge in [0.15, 0.2) is 5.49 Å². The van der Waals surface area contributed by atoms with Crippen LogP contribution in [0.1, 0.15) is 55.2 Å². The van der Waals surface area contributed by atoms with E-state index in [0.717, 1.165) is 30.7 Å². The topological polar surface area (TPSA) is 48.5 Å². The van der Waals surface area contributed by atoms with Crippen molar-refractivity contribution in [3.8, 4) is 0 Å². The molecule has 1 fully saturated rings. The number of ether oxygens (including phenoxy) is 1. The number of benzene rings is 1. The van der Waals surface area contributed by atoms with E-state index in [0.29, 0.717) is 18.6 Å². The Balaban J connectivity index is 2.04. The molecule has 2 heterocycles. The van der Waals surface area contributed by atoms with Crippen LogP contribution in [0.4, 0.5) is 13.2 Å². The maximum atomic E-state index is 13.0. The summed E-state index contributed by atoms with van der Waals surface area (Å²) < 4.78 is 48.4. The molecule has 0 bridgehead atoms. The highest BCUT2D eigenvalue weighted by atomic mass is 19.4. The summed E-state index contributed by atoms with van der Waals surface area (Å²) in [4.78, 5) is 16.8. The van der Waals surface area contributed by atoms with Crippen molar-refractivity contribution in [2.45, 2.75) is 57.9 Å². The highest BCUT2D eigenvalue weighted by Crippen LogP contribution is 2.29. The molecule has 8 heteroatoms. The van der Waals surface area contributed by atoms with Gasteiger partial charge in [-0.1, -0.05) is 26.8 Å². The molecule has 29 heavy (non-hydrogen) atoms. The zero-order chi connectivity index (χ0) is 21.4. The monoisotopic (exact) mass is 409 g/mol. The van der Waals surface area contributed by atoms with Crippen molar-refractivity contribution < 1.29 is 22.7 Å². The summed E-state index contributed by atoms with van der Waals surface area (Å²) in [5, 5.41) is 0. The summed E-state index contributed by atoms with van der Waals surface area (Å²) in [5.41, 5.74) is 0.223. The number of nitrogens with zero attached hydrogens (tertiary/aromatic N) is 3. The van der Waals surface area contributed by atoms with Crippen molar-refractivity contribution in [3.05, 3.63) is 52.6 Å². The molecule has 1 saturated heterocycles. The van der Waals surface area contributed by atoms with E-state index < -0.39 is 17.6 Å². The van der Waals surface area contributed by atoms with E-state index in [4.69, 9.17) is 4.74 Å². The molecule has 0 unspecified atom stereocenters. The molecule has 2 aromatic rings. The molecule has 0 spiro atoms. The van der Waals surface area contributed by atoms with Crippen LogP contribution < -0.4 is 5.49 Å². The van der Waals surface area contributed by atoms with Crippen LogP contribution in [0, 0.1) is 0 Å². The van der Waals surface area contributed by atoms with Gasteiger partial charge in [0.25, 0.3) is 5.91 Å². The number of rotatable bonds is 3. The first-order valence-corrected chi connectivity index (χ1v) is 9.62. The van der Waals surface area contributed by atoms with Crippen LogP contribution in [0.2, 0.25) is 0 Å². The Hall–Kier alpha value is -2.35. The van der Waals surface area contributed by atoms with Gasteiger partial charge in [0, 0.05) is 36.4 Å². The van der Waals surface area contributed by atoms with Gasteiger partial charge >= 0.3 is 6.18 Å². The summed E-state index contributed by atoms with van der Waals surface area (Å²) >= 11 is 0. The molecule has 1 aliphatic rings. The molecule has 1 amide bonds. The second-order valence-corrected chi connectivity index (χ2v) is 8.37. The number of aromatic nitrogens is 2. The van der Waals surface area contributed by atoms with Crippen molar-refractivity contribution >= 4 is 5.91 Å². The summed E-state index contributed by atoms with van der Waals surface area (Å²) in [5.74, 6) is -0.705. The number of carbonyl (C=O) groups excluding carboxylic acids is 1. The van der Waals surface area contributed by atoms with E-state index in [1.165, 1.54) is 12.1 Å². The minimum atomic E-state index is -4.51. The Kier molecular flexibility index (Phi) is 5.76. The summed E-state index contributed by atoms with van der Waals surface area (Å²) in [7, 11) is 1.89. The van der Waals surface area contributed by atoms with Gasteiger partial charge in [-0.3, -0.25) is 14.2 Å². The van der Waals surface area contributed by atoms with E-state index in [-0.39, 0.29) is 17.1 Å². The molecule has 158 valence electrons. The molecular weight excluding hydrogens is 383 g/mol. The van der Waals surface area contributed by atoms with Crippen LogP contribution in [-0.4, -0.2) is 28.0 Å². The predicted molar refractivity (Wildman–Crippen MR) is 102 cm³/mol. The van der Waals surface area contributed by atoms with Crippen molar-refractivity contribution in [2.24, 2.45) is 12.0 Å². The molecular formula is C21H26F3N3O2. The van der Waals surface area contributed by atoms with E-state index in [2.05, 4.69) is 25.8 Å². The number of hydrogen-bond acceptors (Lipinski definition) is 2. The van der Waals surface area contributed by atoms with Gasteiger partial charge in [0.1, 0.15) is 0 Å². The lowest BCUT2D eigenvalue weighted by molar-refractivity contribution is -0.137. The molecule has 1 aliphatic heterocycles. The maximum absolute atomic E-state index is 13.0. The summed E-state index contributed by atoms with van der Waals surface area (Å²) in [6.45, 7) is 7.39. The number of alkyl halides is 3. The molecule has 0 radical (unpaired) electrons. The van der Waals surface area contributed by atoms with Crippen LogP contribution >= 0.6 is 0 Å². The predicted octanol–water partition coefficient (Wildman–Crippen LogP) is 4.06. The lowest BCUT2D eigenvalue weighted by atomic mass is 9.92. The molecule has 0 N–H and O–H groups in total. The summed E-state index contributed by atoms with van der Waals surface area (Å²) in [6, 6.07) is 6.16. The molecule has 1 aromatic heterocycles. The molecule has 0 saturated carbocycles. The number of carbonyl (C=O) groups is 1. The lowest BCUT2D eigenvalue weighted by Crippen LogP contribution is -2.30. The average Bonchev–Trinajstić information content (AvgIpc) is 3.24. The van der Waals surface area contributed by atoms with Gasteiger partial charge in [-0.25, -0.2) is 0 Å². The Morgan fingerprint density at radius 3 is 2.55 bits per heavy atom. The molecule has 1 atom stereocenters. The van der Waals surface area contributed by atoms with Crippen molar-refractivity contribution in [1.82, 2.24) is 9.36 Å². The van der Waals surface area contributed by atoms with E-state index in [1.54, 1.807) is 0 Å². The third-order valence-electron chi connectivity index (χ3n) is 5.06. The second kappa shape index (κ2) is 7.82. The number of halogens is 3. The van der Waals surface area contributed by atoms with Crippen molar-refractivity contribution in [3.63, 3.8) is 0 Å². The molecule has 3 rings (SSSR count). The van der Waals surface area contributed by atoms with Crippen molar-refractivity contribution in [2.75, 3.05) is 6.61 Å². The summed E-state index contributed by atoms with van der Waals surface area (Å²) in [6.07, 6.45) is -2.58. The van der Waals surface area contributed by atoms with E-state index in [9.17, 15) is 18.0 Å². The van der Waals surface area contributed by atoms with Gasteiger partial charge in [-0.15, -0.1) is 0 Å². The zero-order valence-electron chi connectivity index (χ0n) is 17.1. The van der Waals surface area contributed by atoms with Crippen LogP contribution in [0.5, 0.6) is 0 Å². The van der Waals surface area contributed by atoms with Crippen molar-refractivity contribution in [1.29, 1.82) is 0 Å². The van der Waals surface area contributed by atoms with Gasteiger partial charge < -0.3 is 4.74 Å². The highest BCUT2D eigenvalue weighted by molar-refractivity contribution is 5.95. The molecule has 5 nitrogen and oxygen atoms in total. The largest absolute Gasteiger partial charge is 0.416 e. The fourth-order valence-electron chi connectivity index (χ4n) is 3.56. The third-order valence-corrected chi connectivity index (χ3v) is 5.06. The standard InChI is InChI=1S/C21H26F3N3O2/c1-20(2,3)17-12-18(27(26(17)4)13-16-9-6-10-29-16)25-19(28)14-7-5-8-15(11-14)21(22,23)24/h5,7-8,11-12,16H,6,9-10,13H2,1-4H3/t16-/m1/s1. The molecule has 1 aromatic carbocycles. The third kappa shape index (κ3) is 4.80. The normalized spacial score (nSPS) is 18.4. The highest BCUT2D eigenvalue weighted by Gasteiger charge is 2.31. The van der Waals surface area contributed by atoms with Gasteiger partial charge in [0.2, 0.25) is 0 Å². The number of hydrogen-bond donors (Lipinski definition) is 0. The van der Waals surface area contributed by atoms with Gasteiger partial charge in [-0.05, 0) is 31.0 Å². The average molecular weight is 409 g/mol. The van der Waals surface area contributed by atoms with Gasteiger partial charge in [-0.2, -0.15) is 18.2 Å². The maximum Gasteiger partial charge on any atom is 0.416 e. The fraction of sp³-hybridized carbons (Fsp3) is 0.524. The van der Waals surface area contributed by atoms with E-state index in [1.807, 2.05) is 22.5 Å². The van der Waals surface area contributed by atoms with Crippen LogP contribution in [0.3, 0.4) is 0 Å². The first-order valence-electron chi connectivity index (χ1n) is 9.62. The zero-order valence-corrected chi connectivity index (χ0v) is 17.1. The Morgan fingerprint density at radius 1 is 1.24 bits per heavy atom. The quantitative estimate of drug-likeness (QED) is 0.768. The minimum absolute atomic E-state index is 0.0269. The second-order valence-electron chi connectivity index (χ2n) is 8.37. The Labute approximate surface area is 167 Å². The van der Waals surface area contributed by atoms with Crippen LogP contribution in [0.15, 0.2) is 35.3 Å². The SMILES string of the molecule is Cn1c(C(C)(C)C)cc(=NC(=O)c2cccc(C(F)(F)F)c2)n1C[C@H]1CCCO1. The minimum Gasteiger partial charge on any atom is -0.376 e. The van der Waals surface area contributed by atoms with Gasteiger partial charge in [0.05, 0.1) is 18.2 Å². The smallest absolute Gasteiger partial charge is 0.376 e.